The number of aliphatic hydroxyl groups excluding tert-OH is 1. The van der Waals surface area contributed by atoms with Crippen LogP contribution in [0.2, 0.25) is 0 Å². The van der Waals surface area contributed by atoms with Crippen molar-refractivity contribution in [3.63, 3.8) is 0 Å². The Morgan fingerprint density at radius 2 is 1.75 bits per heavy atom. The summed E-state index contributed by atoms with van der Waals surface area (Å²) in [4.78, 5) is 0. The third-order valence-electron chi connectivity index (χ3n) is 2.35. The summed E-state index contributed by atoms with van der Waals surface area (Å²) < 4.78 is 37.9. The molecule has 0 aromatic carbocycles. The Kier molecular flexibility index (Phi) is 6.72. The Morgan fingerprint density at radius 3 is 2.12 bits per heavy atom. The van der Waals surface area contributed by atoms with Crippen molar-refractivity contribution in [2.75, 3.05) is 0 Å². The minimum absolute atomic E-state index is 0.0585. The van der Waals surface area contributed by atoms with Gasteiger partial charge in [-0.3, -0.25) is 0 Å². The lowest BCUT2D eigenvalue weighted by molar-refractivity contribution is -0.185. The van der Waals surface area contributed by atoms with Crippen molar-refractivity contribution < 1.29 is 18.3 Å². The Bertz CT molecular complexity index is 209. The first-order valence-corrected chi connectivity index (χ1v) is 5.72. The lowest BCUT2D eigenvalue weighted by Gasteiger charge is -2.22. The van der Waals surface area contributed by atoms with Crippen LogP contribution >= 0.6 is 0 Å². The lowest BCUT2D eigenvalue weighted by atomic mass is 9.95. The smallest absolute Gasteiger partial charge is 0.392 e. The van der Waals surface area contributed by atoms with Crippen molar-refractivity contribution in [3.8, 4) is 0 Å². The van der Waals surface area contributed by atoms with Gasteiger partial charge in [0.15, 0.2) is 0 Å². The summed E-state index contributed by atoms with van der Waals surface area (Å²) in [5.41, 5.74) is 0. The molecule has 0 bridgehead atoms. The highest BCUT2D eigenvalue weighted by molar-refractivity contribution is 4.97. The normalized spacial score (nSPS) is 17.0. The van der Waals surface area contributed by atoms with Crippen LogP contribution < -0.4 is 0 Å². The van der Waals surface area contributed by atoms with Gasteiger partial charge in [-0.25, -0.2) is 0 Å². The van der Waals surface area contributed by atoms with E-state index in [1.54, 1.807) is 0 Å². The summed E-state index contributed by atoms with van der Waals surface area (Å²) in [5, 5.41) is 9.52. The maximum atomic E-state index is 12.6. The van der Waals surface area contributed by atoms with Crippen LogP contribution in [0.5, 0.6) is 0 Å². The SMILES string of the molecule is CCCCC(O)C(/C=C\C(C)C)C(F)(F)F. The second kappa shape index (κ2) is 6.94. The van der Waals surface area contributed by atoms with Crippen LogP contribution in [0.1, 0.15) is 40.0 Å². The Labute approximate surface area is 95.4 Å². The van der Waals surface area contributed by atoms with Crippen molar-refractivity contribution >= 4 is 0 Å². The van der Waals surface area contributed by atoms with Gasteiger partial charge in [0.05, 0.1) is 12.0 Å². The summed E-state index contributed by atoms with van der Waals surface area (Å²) in [7, 11) is 0. The summed E-state index contributed by atoms with van der Waals surface area (Å²) in [6, 6.07) is 0. The fourth-order valence-electron chi connectivity index (χ4n) is 1.39. The second-order valence-corrected chi connectivity index (χ2v) is 4.41. The van der Waals surface area contributed by atoms with E-state index >= 15 is 0 Å². The molecule has 2 atom stereocenters. The van der Waals surface area contributed by atoms with Crippen LogP contribution in [0.3, 0.4) is 0 Å². The maximum Gasteiger partial charge on any atom is 0.397 e. The zero-order chi connectivity index (χ0) is 12.8. The van der Waals surface area contributed by atoms with Gasteiger partial charge in [0, 0.05) is 0 Å². The van der Waals surface area contributed by atoms with Gasteiger partial charge in [0.2, 0.25) is 0 Å². The molecular formula is C12H21F3O. The first-order valence-electron chi connectivity index (χ1n) is 5.72. The van der Waals surface area contributed by atoms with Crippen molar-refractivity contribution in [3.05, 3.63) is 12.2 Å². The van der Waals surface area contributed by atoms with E-state index < -0.39 is 18.2 Å². The summed E-state index contributed by atoms with van der Waals surface area (Å²) >= 11 is 0. The second-order valence-electron chi connectivity index (χ2n) is 4.41. The van der Waals surface area contributed by atoms with Gasteiger partial charge in [-0.1, -0.05) is 45.8 Å². The molecule has 0 radical (unpaired) electrons. The van der Waals surface area contributed by atoms with E-state index in [2.05, 4.69) is 0 Å². The molecular weight excluding hydrogens is 217 g/mol. The van der Waals surface area contributed by atoms with Crippen LogP contribution in [0, 0.1) is 11.8 Å². The fourth-order valence-corrected chi connectivity index (χ4v) is 1.39. The van der Waals surface area contributed by atoms with Gasteiger partial charge in [-0.05, 0) is 12.3 Å². The van der Waals surface area contributed by atoms with Crippen LogP contribution in [0.25, 0.3) is 0 Å². The van der Waals surface area contributed by atoms with Crippen LogP contribution in [-0.4, -0.2) is 17.4 Å². The van der Waals surface area contributed by atoms with Crippen molar-refractivity contribution in [2.45, 2.75) is 52.3 Å². The lowest BCUT2D eigenvalue weighted by Crippen LogP contribution is -2.32. The van der Waals surface area contributed by atoms with Gasteiger partial charge >= 0.3 is 6.18 Å². The third-order valence-corrected chi connectivity index (χ3v) is 2.35. The summed E-state index contributed by atoms with van der Waals surface area (Å²) in [6.07, 6.45) is -1.51. The molecule has 0 rings (SSSR count). The van der Waals surface area contributed by atoms with Crippen molar-refractivity contribution in [1.29, 1.82) is 0 Å². The molecule has 0 aromatic rings. The predicted molar refractivity (Wildman–Crippen MR) is 59.1 cm³/mol. The number of hydrogen-bond acceptors (Lipinski definition) is 1. The minimum atomic E-state index is -4.36. The van der Waals surface area contributed by atoms with E-state index in [1.165, 1.54) is 6.08 Å². The molecule has 0 heterocycles. The average Bonchev–Trinajstić information content (AvgIpc) is 2.12. The largest absolute Gasteiger partial charge is 0.397 e. The van der Waals surface area contributed by atoms with Gasteiger partial charge < -0.3 is 5.11 Å². The van der Waals surface area contributed by atoms with Gasteiger partial charge in [-0.2, -0.15) is 13.2 Å². The van der Waals surface area contributed by atoms with Crippen LogP contribution in [0.15, 0.2) is 12.2 Å². The number of hydrogen-bond donors (Lipinski definition) is 1. The number of allylic oxidation sites excluding steroid dienone is 1. The Balaban J connectivity index is 4.55. The molecule has 0 saturated carbocycles. The standard InChI is InChI=1S/C12H21F3O/c1-4-5-6-11(16)10(12(13,14)15)8-7-9(2)3/h7-11,16H,4-6H2,1-3H3/b8-7-. The predicted octanol–water partition coefficient (Wildman–Crippen LogP) is 3.93. The van der Waals surface area contributed by atoms with Crippen LogP contribution in [0.4, 0.5) is 13.2 Å². The van der Waals surface area contributed by atoms with E-state index in [0.717, 1.165) is 12.5 Å². The maximum absolute atomic E-state index is 12.6. The zero-order valence-corrected chi connectivity index (χ0v) is 10.1. The fraction of sp³-hybridized carbons (Fsp3) is 0.833. The van der Waals surface area contributed by atoms with Gasteiger partial charge in [0.1, 0.15) is 0 Å². The number of unbranched alkanes of at least 4 members (excludes halogenated alkanes) is 1. The average molecular weight is 238 g/mol. The van der Waals surface area contributed by atoms with Crippen LogP contribution in [-0.2, 0) is 0 Å². The Hall–Kier alpha value is -0.510. The molecule has 1 N–H and O–H groups in total. The number of halogens is 3. The monoisotopic (exact) mass is 238 g/mol. The minimum Gasteiger partial charge on any atom is -0.392 e. The number of aliphatic hydroxyl groups is 1. The van der Waals surface area contributed by atoms with Crippen molar-refractivity contribution in [1.82, 2.24) is 0 Å². The highest BCUT2D eigenvalue weighted by Crippen LogP contribution is 2.32. The third kappa shape index (κ3) is 6.16. The number of rotatable bonds is 6. The van der Waals surface area contributed by atoms with Gasteiger partial charge in [-0.15, -0.1) is 0 Å². The number of alkyl halides is 3. The first kappa shape index (κ1) is 15.5. The molecule has 16 heavy (non-hydrogen) atoms. The molecule has 0 aromatic heterocycles. The quantitative estimate of drug-likeness (QED) is 0.695. The van der Waals surface area contributed by atoms with E-state index in [1.807, 2.05) is 20.8 Å². The topological polar surface area (TPSA) is 20.2 Å². The zero-order valence-electron chi connectivity index (χ0n) is 10.1. The van der Waals surface area contributed by atoms with Gasteiger partial charge in [0.25, 0.3) is 0 Å². The van der Waals surface area contributed by atoms with E-state index in [-0.39, 0.29) is 12.3 Å². The molecule has 4 heteroatoms. The first-order chi connectivity index (χ1) is 7.29. The molecule has 1 nitrogen and oxygen atoms in total. The molecule has 96 valence electrons. The molecule has 0 amide bonds. The van der Waals surface area contributed by atoms with E-state index in [9.17, 15) is 18.3 Å². The van der Waals surface area contributed by atoms with E-state index in [0.29, 0.717) is 6.42 Å². The molecule has 0 aliphatic carbocycles. The highest BCUT2D eigenvalue weighted by Gasteiger charge is 2.42. The molecule has 2 unspecified atom stereocenters. The molecule has 0 fully saturated rings. The van der Waals surface area contributed by atoms with Crippen molar-refractivity contribution in [2.24, 2.45) is 11.8 Å². The molecule has 0 spiro atoms. The summed E-state index contributed by atoms with van der Waals surface area (Å²) in [5.74, 6) is -1.68. The molecule has 0 saturated heterocycles. The highest BCUT2D eigenvalue weighted by atomic mass is 19.4. The molecule has 0 aliphatic rings. The molecule has 0 aliphatic heterocycles. The Morgan fingerprint density at radius 1 is 1.19 bits per heavy atom. The summed E-state index contributed by atoms with van der Waals surface area (Å²) in [6.45, 7) is 5.50. The van der Waals surface area contributed by atoms with E-state index in [4.69, 9.17) is 0 Å².